The summed E-state index contributed by atoms with van der Waals surface area (Å²) in [5.74, 6) is 0.266. The topological polar surface area (TPSA) is 65.3 Å². The summed E-state index contributed by atoms with van der Waals surface area (Å²) in [5.41, 5.74) is 1.40. The third kappa shape index (κ3) is 3.81. The zero-order valence-corrected chi connectivity index (χ0v) is 15.6. The molecule has 0 bridgehead atoms. The Balaban J connectivity index is 0.00000100. The number of nitrogens with zero attached hydrogens (tertiary/aromatic N) is 2. The Kier molecular flexibility index (Phi) is 6.48. The van der Waals surface area contributed by atoms with Gasteiger partial charge in [0.1, 0.15) is 0 Å². The first-order chi connectivity index (χ1) is 11.7. The molecular formula is C18H17IN2O3. The number of hydrogen-bond acceptors (Lipinski definition) is 4. The zero-order valence-electron chi connectivity index (χ0n) is 13.4. The van der Waals surface area contributed by atoms with Gasteiger partial charge < -0.3 is 4.74 Å². The van der Waals surface area contributed by atoms with Gasteiger partial charge in [0.05, 0.1) is 17.7 Å². The molecule has 0 unspecified atom stereocenters. The maximum Gasteiger partial charge on any atom is 0.314 e. The van der Waals surface area contributed by atoms with E-state index in [4.69, 9.17) is 4.74 Å². The number of fused-ring (bicyclic) bond motifs is 1. The van der Waals surface area contributed by atoms with Crippen molar-refractivity contribution in [1.29, 1.82) is 0 Å². The van der Waals surface area contributed by atoms with Gasteiger partial charge in [-0.1, -0.05) is 59.0 Å². The van der Waals surface area contributed by atoms with Crippen LogP contribution in [0.3, 0.4) is 0 Å². The van der Waals surface area contributed by atoms with E-state index < -0.39 is 4.92 Å². The number of nitro benzene ring substituents is 1. The summed E-state index contributed by atoms with van der Waals surface area (Å²) >= 11 is 2.15. The fourth-order valence-corrected chi connectivity index (χ4v) is 2.59. The Morgan fingerprint density at radius 3 is 2.58 bits per heavy atom. The molecular weight excluding hydrogens is 419 g/mol. The summed E-state index contributed by atoms with van der Waals surface area (Å²) in [5, 5.41) is 13.4. The number of hydrogen-bond donors (Lipinski definition) is 0. The predicted octanol–water partition coefficient (Wildman–Crippen LogP) is 4.79. The molecule has 5 nitrogen and oxygen atoms in total. The summed E-state index contributed by atoms with van der Waals surface area (Å²) in [6.07, 6.45) is 2.11. The van der Waals surface area contributed by atoms with Crippen LogP contribution in [0, 0.1) is 10.1 Å². The van der Waals surface area contributed by atoms with Crippen LogP contribution in [0.5, 0.6) is 5.75 Å². The molecule has 0 spiro atoms. The van der Waals surface area contributed by atoms with Gasteiger partial charge in [-0.15, -0.1) is 0 Å². The monoisotopic (exact) mass is 436 g/mol. The van der Waals surface area contributed by atoms with E-state index in [1.54, 1.807) is 24.4 Å². The van der Waals surface area contributed by atoms with Gasteiger partial charge in [0.25, 0.3) is 0 Å². The minimum absolute atomic E-state index is 0.000246. The second kappa shape index (κ2) is 8.58. The van der Waals surface area contributed by atoms with Crippen LogP contribution in [0.2, 0.25) is 0 Å². The number of aromatic nitrogens is 1. The van der Waals surface area contributed by atoms with Crippen LogP contribution in [0.15, 0.2) is 54.7 Å². The molecule has 3 aromatic rings. The van der Waals surface area contributed by atoms with Crippen molar-refractivity contribution in [2.75, 3.05) is 12.0 Å². The first-order valence-electron chi connectivity index (χ1n) is 7.21. The smallest absolute Gasteiger partial charge is 0.314 e. The highest BCUT2D eigenvalue weighted by atomic mass is 127. The van der Waals surface area contributed by atoms with Crippen molar-refractivity contribution >= 4 is 39.1 Å². The number of ether oxygens (including phenoxy) is 1. The van der Waals surface area contributed by atoms with Crippen LogP contribution >= 0.6 is 22.6 Å². The van der Waals surface area contributed by atoms with E-state index in [2.05, 4.69) is 27.6 Å². The Labute approximate surface area is 154 Å². The summed E-state index contributed by atoms with van der Waals surface area (Å²) in [4.78, 5) is 17.3. The van der Waals surface area contributed by atoms with Crippen molar-refractivity contribution in [1.82, 2.24) is 4.98 Å². The van der Waals surface area contributed by atoms with E-state index >= 15 is 0 Å². The fraction of sp³-hybridized carbons (Fsp3) is 0.167. The van der Waals surface area contributed by atoms with Crippen molar-refractivity contribution in [3.8, 4) is 5.75 Å². The standard InChI is InChI=1S/C17H14N2O3.CH3I/c1-22-16-8-4-6-13(17(16)19(20)21)11-15-14-7-3-2-5-12(14)9-10-18-15;1-2/h2-10H,11H2,1H3;1H3. The third-order valence-electron chi connectivity index (χ3n) is 3.60. The molecule has 0 radical (unpaired) electrons. The van der Waals surface area contributed by atoms with E-state index in [1.165, 1.54) is 7.11 Å². The fourth-order valence-electron chi connectivity index (χ4n) is 2.59. The third-order valence-corrected chi connectivity index (χ3v) is 3.60. The molecule has 2 aromatic carbocycles. The summed E-state index contributed by atoms with van der Waals surface area (Å²) < 4.78 is 5.11. The van der Waals surface area contributed by atoms with E-state index in [-0.39, 0.29) is 11.4 Å². The molecule has 1 aromatic heterocycles. The number of nitro groups is 1. The summed E-state index contributed by atoms with van der Waals surface area (Å²) in [6.45, 7) is 0. The lowest BCUT2D eigenvalue weighted by molar-refractivity contribution is -0.386. The molecule has 0 saturated carbocycles. The number of methoxy groups -OCH3 is 1. The van der Waals surface area contributed by atoms with Gasteiger partial charge in [-0.2, -0.15) is 0 Å². The molecule has 3 rings (SSSR count). The second-order valence-corrected chi connectivity index (χ2v) is 4.88. The molecule has 0 aliphatic carbocycles. The molecule has 0 atom stereocenters. The van der Waals surface area contributed by atoms with Gasteiger partial charge in [-0.25, -0.2) is 0 Å². The van der Waals surface area contributed by atoms with Gasteiger partial charge >= 0.3 is 5.69 Å². The van der Waals surface area contributed by atoms with Crippen LogP contribution in [0.25, 0.3) is 10.8 Å². The highest BCUT2D eigenvalue weighted by Crippen LogP contribution is 2.32. The van der Waals surface area contributed by atoms with Crippen molar-refractivity contribution in [3.05, 3.63) is 76.1 Å². The Morgan fingerprint density at radius 2 is 1.88 bits per heavy atom. The lowest BCUT2D eigenvalue weighted by Crippen LogP contribution is -2.01. The number of rotatable bonds is 4. The summed E-state index contributed by atoms with van der Waals surface area (Å²) in [7, 11) is 1.43. The average Bonchev–Trinajstić information content (AvgIpc) is 2.63. The van der Waals surface area contributed by atoms with Crippen molar-refractivity contribution in [2.24, 2.45) is 0 Å². The number of alkyl halides is 1. The lowest BCUT2D eigenvalue weighted by atomic mass is 10.0. The van der Waals surface area contributed by atoms with Gasteiger partial charge in [0.2, 0.25) is 0 Å². The Bertz CT molecular complexity index is 847. The normalized spacial score (nSPS) is 9.96. The molecule has 1 heterocycles. The predicted molar refractivity (Wildman–Crippen MR) is 104 cm³/mol. The maximum absolute atomic E-state index is 11.4. The Morgan fingerprint density at radius 1 is 1.12 bits per heavy atom. The first-order valence-corrected chi connectivity index (χ1v) is 9.37. The minimum atomic E-state index is -0.403. The zero-order chi connectivity index (χ0) is 17.5. The molecule has 0 saturated heterocycles. The number of halogens is 1. The van der Waals surface area contributed by atoms with Crippen molar-refractivity contribution < 1.29 is 9.66 Å². The largest absolute Gasteiger partial charge is 0.490 e. The number of pyridine rings is 1. The van der Waals surface area contributed by atoms with Gasteiger partial charge in [-0.3, -0.25) is 15.1 Å². The van der Waals surface area contributed by atoms with Crippen LogP contribution in [-0.2, 0) is 6.42 Å². The quantitative estimate of drug-likeness (QED) is 0.255. The van der Waals surface area contributed by atoms with Crippen LogP contribution < -0.4 is 4.74 Å². The first kappa shape index (κ1) is 18.1. The molecule has 0 fully saturated rings. The van der Waals surface area contributed by atoms with Crippen molar-refractivity contribution in [2.45, 2.75) is 6.42 Å². The second-order valence-electron chi connectivity index (χ2n) is 4.88. The SMILES string of the molecule is CI.COc1cccc(Cc2nccc3ccccc23)c1[N+](=O)[O-]. The molecule has 6 heteroatoms. The lowest BCUT2D eigenvalue weighted by Gasteiger charge is -2.08. The minimum Gasteiger partial charge on any atom is -0.490 e. The molecule has 0 amide bonds. The van der Waals surface area contributed by atoms with E-state index in [0.717, 1.165) is 16.5 Å². The van der Waals surface area contributed by atoms with E-state index in [1.807, 2.05) is 35.3 Å². The van der Waals surface area contributed by atoms with Crippen LogP contribution in [-0.4, -0.2) is 21.9 Å². The van der Waals surface area contributed by atoms with E-state index in [9.17, 15) is 10.1 Å². The molecule has 0 N–H and O–H groups in total. The van der Waals surface area contributed by atoms with Gasteiger partial charge in [-0.05, 0) is 22.4 Å². The highest BCUT2D eigenvalue weighted by molar-refractivity contribution is 14.1. The number of para-hydroxylation sites is 1. The van der Waals surface area contributed by atoms with Crippen molar-refractivity contribution in [3.63, 3.8) is 0 Å². The van der Waals surface area contributed by atoms with Crippen LogP contribution in [0.1, 0.15) is 11.3 Å². The van der Waals surface area contributed by atoms with Gasteiger partial charge in [0.15, 0.2) is 5.75 Å². The molecule has 24 heavy (non-hydrogen) atoms. The van der Waals surface area contributed by atoms with E-state index in [0.29, 0.717) is 12.0 Å². The van der Waals surface area contributed by atoms with Crippen LogP contribution in [0.4, 0.5) is 5.69 Å². The Hall–Kier alpha value is -2.22. The maximum atomic E-state index is 11.4. The molecule has 0 aliphatic rings. The molecule has 124 valence electrons. The van der Waals surface area contributed by atoms with Gasteiger partial charge in [0, 0.05) is 23.6 Å². The molecule has 0 aliphatic heterocycles. The average molecular weight is 436 g/mol. The summed E-state index contributed by atoms with van der Waals surface area (Å²) in [6, 6.07) is 14.9. The number of benzene rings is 2. The highest BCUT2D eigenvalue weighted by Gasteiger charge is 2.21.